The van der Waals surface area contributed by atoms with Crippen LogP contribution in [0.3, 0.4) is 0 Å². The van der Waals surface area contributed by atoms with Crippen molar-refractivity contribution in [3.8, 4) is 0 Å². The van der Waals surface area contributed by atoms with Gasteiger partial charge in [-0.15, -0.1) is 0 Å². The Morgan fingerprint density at radius 2 is 1.12 bits per heavy atom. The van der Waals surface area contributed by atoms with E-state index < -0.39 is 0 Å². The monoisotopic (exact) mass is 557 g/mol. The zero-order chi connectivity index (χ0) is 29.0. The molecule has 3 aromatic rings. The number of hydrogen-bond donors (Lipinski definition) is 0. The second-order valence-electron chi connectivity index (χ2n) is 12.5. The number of imidazole rings is 1. The number of aryl methyl sites for hydroxylation is 1. The van der Waals surface area contributed by atoms with Crippen LogP contribution in [0.15, 0.2) is 66.9 Å². The van der Waals surface area contributed by atoms with Crippen LogP contribution in [0, 0.1) is 0 Å². The summed E-state index contributed by atoms with van der Waals surface area (Å²) < 4.78 is 5.37. The van der Waals surface area contributed by atoms with Crippen LogP contribution in [0.1, 0.15) is 152 Å². The zero-order valence-electron chi connectivity index (χ0n) is 27.0. The van der Waals surface area contributed by atoms with Gasteiger partial charge in [-0.2, -0.15) is 0 Å². The van der Waals surface area contributed by atoms with Crippen molar-refractivity contribution in [2.24, 2.45) is 0 Å². The first kappa shape index (κ1) is 33.2. The van der Waals surface area contributed by atoms with Crippen LogP contribution < -0.4 is 4.57 Å². The normalized spacial score (nSPS) is 12.2. The van der Waals surface area contributed by atoms with E-state index in [4.69, 9.17) is 0 Å². The lowest BCUT2D eigenvalue weighted by Gasteiger charge is -2.12. The molecule has 0 amide bonds. The van der Waals surface area contributed by atoms with Gasteiger partial charge in [0.2, 0.25) is 0 Å². The van der Waals surface area contributed by atoms with E-state index in [0.717, 1.165) is 25.9 Å². The van der Waals surface area contributed by atoms with Gasteiger partial charge >= 0.3 is 0 Å². The third kappa shape index (κ3) is 12.6. The van der Waals surface area contributed by atoms with Crippen molar-refractivity contribution in [3.63, 3.8) is 0 Å². The molecule has 0 bridgehead atoms. The van der Waals surface area contributed by atoms with E-state index >= 15 is 0 Å². The highest BCUT2D eigenvalue weighted by Crippen LogP contribution is 2.21. The number of aromatic nitrogens is 2. The molecule has 0 aliphatic heterocycles. The van der Waals surface area contributed by atoms with E-state index in [1.54, 1.807) is 0 Å². The lowest BCUT2D eigenvalue weighted by Crippen LogP contribution is -2.41. The Labute approximate surface area is 253 Å². The topological polar surface area (TPSA) is 8.81 Å². The molecule has 2 aromatic carbocycles. The highest BCUT2D eigenvalue weighted by molar-refractivity contribution is 5.21. The first-order valence-electron chi connectivity index (χ1n) is 17.4. The molecule has 0 spiro atoms. The van der Waals surface area contributed by atoms with E-state index in [1.807, 2.05) is 0 Å². The summed E-state index contributed by atoms with van der Waals surface area (Å²) in [6.45, 7) is 9.32. The Bertz CT molecular complexity index is 1040. The van der Waals surface area contributed by atoms with E-state index in [-0.39, 0.29) is 0 Å². The SMILES string of the molecule is CCCCCCCCCCCn1cc(CC(C)c2ccccc2)[n+](CCCCCCCCC)c1Cc1ccccc1. The molecule has 1 atom stereocenters. The van der Waals surface area contributed by atoms with E-state index in [9.17, 15) is 0 Å². The van der Waals surface area contributed by atoms with E-state index in [0.29, 0.717) is 5.92 Å². The van der Waals surface area contributed by atoms with Gasteiger partial charge in [0.15, 0.2) is 0 Å². The van der Waals surface area contributed by atoms with Crippen LogP contribution in [-0.4, -0.2) is 4.57 Å². The molecule has 0 aliphatic carbocycles. The van der Waals surface area contributed by atoms with Crippen molar-refractivity contribution in [1.82, 2.24) is 4.57 Å². The number of unbranched alkanes of at least 4 members (excludes halogenated alkanes) is 14. The van der Waals surface area contributed by atoms with Crippen LogP contribution >= 0.6 is 0 Å². The molecule has 226 valence electrons. The minimum atomic E-state index is 0.518. The second-order valence-corrected chi connectivity index (χ2v) is 12.5. The van der Waals surface area contributed by atoms with Crippen LogP contribution in [0.2, 0.25) is 0 Å². The summed E-state index contributed by atoms with van der Waals surface area (Å²) in [6.07, 6.45) is 26.6. The minimum Gasteiger partial charge on any atom is -0.234 e. The average molecular weight is 558 g/mol. The van der Waals surface area contributed by atoms with Crippen LogP contribution in [0.4, 0.5) is 0 Å². The summed E-state index contributed by atoms with van der Waals surface area (Å²) in [5, 5.41) is 0. The van der Waals surface area contributed by atoms with Gasteiger partial charge in [0, 0.05) is 6.42 Å². The Hall–Kier alpha value is -2.35. The standard InChI is InChI=1S/C39H61N2/c1-4-6-8-10-12-13-15-16-24-30-40-34-38(32-35(3)37-28-22-19-23-29-37)41(31-25-17-14-11-9-7-5-2)39(40)33-36-26-20-18-21-27-36/h18-23,26-29,34-35H,4-17,24-25,30-33H2,1-3H3/q+1. The van der Waals surface area contributed by atoms with Crippen LogP contribution in [0.5, 0.6) is 0 Å². The molecule has 0 N–H and O–H groups in total. The number of rotatable bonds is 23. The van der Waals surface area contributed by atoms with E-state index in [2.05, 4.69) is 96.8 Å². The fourth-order valence-corrected chi connectivity index (χ4v) is 6.28. The number of nitrogens with zero attached hydrogens (tertiary/aromatic N) is 2. The Balaban J connectivity index is 1.72. The molecule has 0 saturated carbocycles. The molecule has 1 aromatic heterocycles. The number of benzene rings is 2. The minimum absolute atomic E-state index is 0.518. The Morgan fingerprint density at radius 3 is 1.71 bits per heavy atom. The maximum atomic E-state index is 2.73. The molecular formula is C39H61N2+. The predicted octanol–water partition coefficient (Wildman–Crippen LogP) is 11.0. The van der Waals surface area contributed by atoms with Crippen molar-refractivity contribution in [2.45, 2.75) is 155 Å². The fourth-order valence-electron chi connectivity index (χ4n) is 6.28. The molecule has 0 aliphatic rings. The smallest absolute Gasteiger partial charge is 0.234 e. The molecule has 0 fully saturated rings. The predicted molar refractivity (Wildman–Crippen MR) is 178 cm³/mol. The summed E-state index contributed by atoms with van der Waals surface area (Å²) in [7, 11) is 0. The van der Waals surface area contributed by atoms with Gasteiger partial charge in [0.05, 0.1) is 19.5 Å². The Kier molecular flexibility index (Phi) is 16.6. The van der Waals surface area contributed by atoms with Crippen molar-refractivity contribution in [2.75, 3.05) is 0 Å². The summed E-state index contributed by atoms with van der Waals surface area (Å²) >= 11 is 0. The van der Waals surface area contributed by atoms with Crippen molar-refractivity contribution >= 4 is 0 Å². The third-order valence-corrected chi connectivity index (χ3v) is 8.87. The van der Waals surface area contributed by atoms with Gasteiger partial charge in [0.1, 0.15) is 11.9 Å². The fraction of sp³-hybridized carbons (Fsp3) is 0.615. The van der Waals surface area contributed by atoms with Gasteiger partial charge in [-0.1, -0.05) is 158 Å². The molecule has 0 radical (unpaired) electrons. The first-order valence-corrected chi connectivity index (χ1v) is 17.4. The zero-order valence-corrected chi connectivity index (χ0v) is 27.0. The molecule has 0 saturated heterocycles. The van der Waals surface area contributed by atoms with Gasteiger partial charge in [0.25, 0.3) is 5.82 Å². The van der Waals surface area contributed by atoms with Gasteiger partial charge in [-0.25, -0.2) is 9.13 Å². The quantitative estimate of drug-likeness (QED) is 0.0810. The molecule has 2 heteroatoms. The third-order valence-electron chi connectivity index (χ3n) is 8.87. The molecule has 1 heterocycles. The van der Waals surface area contributed by atoms with Crippen molar-refractivity contribution < 1.29 is 4.57 Å². The van der Waals surface area contributed by atoms with Crippen LogP contribution in [-0.2, 0) is 25.9 Å². The summed E-state index contributed by atoms with van der Waals surface area (Å²) in [6, 6.07) is 22.3. The lowest BCUT2D eigenvalue weighted by atomic mass is 9.96. The van der Waals surface area contributed by atoms with Crippen LogP contribution in [0.25, 0.3) is 0 Å². The Morgan fingerprint density at radius 1 is 0.610 bits per heavy atom. The molecule has 2 nitrogen and oxygen atoms in total. The first-order chi connectivity index (χ1) is 20.2. The maximum absolute atomic E-state index is 2.73. The van der Waals surface area contributed by atoms with Crippen molar-refractivity contribution in [3.05, 3.63) is 89.5 Å². The second kappa shape index (κ2) is 20.5. The van der Waals surface area contributed by atoms with Gasteiger partial charge < -0.3 is 0 Å². The van der Waals surface area contributed by atoms with Crippen molar-refractivity contribution in [1.29, 1.82) is 0 Å². The highest BCUT2D eigenvalue weighted by Gasteiger charge is 2.25. The summed E-state index contributed by atoms with van der Waals surface area (Å²) in [5.74, 6) is 2.03. The van der Waals surface area contributed by atoms with E-state index in [1.165, 1.54) is 125 Å². The average Bonchev–Trinajstić information content (AvgIpc) is 3.31. The number of hydrogen-bond acceptors (Lipinski definition) is 0. The molecular weight excluding hydrogens is 496 g/mol. The maximum Gasteiger partial charge on any atom is 0.261 e. The highest BCUT2D eigenvalue weighted by atomic mass is 15.2. The lowest BCUT2D eigenvalue weighted by molar-refractivity contribution is -0.710. The molecule has 41 heavy (non-hydrogen) atoms. The van der Waals surface area contributed by atoms with Gasteiger partial charge in [-0.05, 0) is 42.7 Å². The molecule has 3 rings (SSSR count). The largest absolute Gasteiger partial charge is 0.261 e. The van der Waals surface area contributed by atoms with Gasteiger partial charge in [-0.3, -0.25) is 0 Å². The summed E-state index contributed by atoms with van der Waals surface area (Å²) in [5.41, 5.74) is 4.40. The summed E-state index contributed by atoms with van der Waals surface area (Å²) in [4.78, 5) is 0. The molecule has 1 unspecified atom stereocenters.